The quantitative estimate of drug-likeness (QED) is 0.575. The van der Waals surface area contributed by atoms with Crippen molar-refractivity contribution in [2.75, 3.05) is 6.54 Å². The van der Waals surface area contributed by atoms with E-state index in [1.807, 2.05) is 25.7 Å². The van der Waals surface area contributed by atoms with Crippen LogP contribution in [0.3, 0.4) is 0 Å². The minimum absolute atomic E-state index is 0.00945. The number of rotatable bonds is 6. The van der Waals surface area contributed by atoms with Gasteiger partial charge in [0.15, 0.2) is 0 Å². The maximum atomic E-state index is 14.0. The topological polar surface area (TPSA) is 104 Å². The second-order valence-electron chi connectivity index (χ2n) is 12.7. The van der Waals surface area contributed by atoms with Crippen molar-refractivity contribution in [1.29, 1.82) is 0 Å². The lowest BCUT2D eigenvalue weighted by molar-refractivity contribution is -0.141. The summed E-state index contributed by atoms with van der Waals surface area (Å²) in [5.41, 5.74) is -0.298. The maximum Gasteiger partial charge on any atom is 0.272 e. The largest absolute Gasteiger partial charge is 0.342 e. The molecule has 7 atom stereocenters. The van der Waals surface area contributed by atoms with E-state index in [9.17, 15) is 14.4 Å². The standard InChI is InChI=1S/C29H41N5O3/c1-17-23-20-11-10-19(14-20)21(23)16-34(17)28(37)25(29(2,3)4)33-27(36)24(18-8-6-5-7-9-18)32-26(35)22-15-30-12-13-31-22/h10-13,15,17-21,23-25H,5-9,14,16H2,1-4H3,(H,32,35)(H,33,36)/t17-,19-,20+,21-,23+,24+,25-/m1/s1. The number of fused-ring (bicyclic) bond motifs is 5. The third-order valence-corrected chi connectivity index (χ3v) is 9.31. The van der Waals surface area contributed by atoms with E-state index in [2.05, 4.69) is 39.7 Å². The molecule has 0 aromatic carbocycles. The number of carbonyl (C=O) groups is 3. The monoisotopic (exact) mass is 507 g/mol. The fourth-order valence-electron chi connectivity index (χ4n) is 7.37. The number of aromatic nitrogens is 2. The highest BCUT2D eigenvalue weighted by Crippen LogP contribution is 2.54. The van der Waals surface area contributed by atoms with Gasteiger partial charge in [-0.3, -0.25) is 19.4 Å². The molecule has 3 aliphatic carbocycles. The van der Waals surface area contributed by atoms with Gasteiger partial charge in [0.25, 0.3) is 5.91 Å². The Bertz CT molecular complexity index is 1050. The Hall–Kier alpha value is -2.77. The zero-order chi connectivity index (χ0) is 26.3. The van der Waals surface area contributed by atoms with Gasteiger partial charge in [-0.2, -0.15) is 0 Å². The van der Waals surface area contributed by atoms with Crippen molar-refractivity contribution in [2.45, 2.75) is 84.3 Å². The number of nitrogens with one attached hydrogen (secondary N) is 2. The van der Waals surface area contributed by atoms with Gasteiger partial charge < -0.3 is 15.5 Å². The molecular formula is C29H41N5O3. The molecule has 1 aromatic heterocycles. The van der Waals surface area contributed by atoms with Crippen LogP contribution in [0.4, 0.5) is 0 Å². The van der Waals surface area contributed by atoms with Gasteiger partial charge >= 0.3 is 0 Å². The average Bonchev–Trinajstić information content (AvgIpc) is 3.59. The molecule has 3 fully saturated rings. The predicted octanol–water partition coefficient (Wildman–Crippen LogP) is 3.36. The summed E-state index contributed by atoms with van der Waals surface area (Å²) < 4.78 is 0. The first kappa shape index (κ1) is 25.9. The normalized spacial score (nSPS) is 30.6. The number of allylic oxidation sites excluding steroid dienone is 2. The molecule has 2 bridgehead atoms. The Balaban J connectivity index is 1.34. The van der Waals surface area contributed by atoms with Crippen molar-refractivity contribution in [1.82, 2.24) is 25.5 Å². The molecule has 0 radical (unpaired) electrons. The average molecular weight is 508 g/mol. The van der Waals surface area contributed by atoms with E-state index in [1.54, 1.807) is 0 Å². The van der Waals surface area contributed by atoms with Gasteiger partial charge in [-0.05, 0) is 61.2 Å². The van der Waals surface area contributed by atoms with Crippen LogP contribution >= 0.6 is 0 Å². The second kappa shape index (κ2) is 10.2. The van der Waals surface area contributed by atoms with Crippen molar-refractivity contribution in [3.63, 3.8) is 0 Å². The highest BCUT2D eigenvalue weighted by molar-refractivity contribution is 5.97. The number of hydrogen-bond donors (Lipinski definition) is 2. The van der Waals surface area contributed by atoms with Gasteiger partial charge in [-0.1, -0.05) is 52.2 Å². The third kappa shape index (κ3) is 5.04. The van der Waals surface area contributed by atoms with Crippen molar-refractivity contribution < 1.29 is 14.4 Å². The zero-order valence-corrected chi connectivity index (χ0v) is 22.5. The van der Waals surface area contributed by atoms with E-state index < -0.39 is 23.4 Å². The van der Waals surface area contributed by atoms with E-state index in [1.165, 1.54) is 25.0 Å². The molecule has 2 saturated carbocycles. The van der Waals surface area contributed by atoms with Crippen LogP contribution in [0.2, 0.25) is 0 Å². The minimum Gasteiger partial charge on any atom is -0.342 e. The Morgan fingerprint density at radius 1 is 1.03 bits per heavy atom. The fraction of sp³-hybridized carbons (Fsp3) is 0.690. The summed E-state index contributed by atoms with van der Waals surface area (Å²) in [4.78, 5) is 50.9. The second-order valence-corrected chi connectivity index (χ2v) is 12.7. The Kier molecular flexibility index (Phi) is 7.12. The van der Waals surface area contributed by atoms with Crippen LogP contribution in [0.15, 0.2) is 30.7 Å². The molecule has 37 heavy (non-hydrogen) atoms. The molecule has 5 rings (SSSR count). The van der Waals surface area contributed by atoms with Crippen LogP contribution in [0.5, 0.6) is 0 Å². The SMILES string of the molecule is C[C@@H]1[C@@H]2[C@H](CN1C(=O)[C@@H](NC(=O)[C@@H](NC(=O)c1cnccn1)C1CCCCC1)C(C)(C)C)[C@@H]1C=C[C@H]2C1. The van der Waals surface area contributed by atoms with Crippen molar-refractivity contribution >= 4 is 17.7 Å². The summed E-state index contributed by atoms with van der Waals surface area (Å²) in [6.07, 6.45) is 15.2. The number of likely N-dealkylation sites (tertiary alicyclic amines) is 1. The van der Waals surface area contributed by atoms with Crippen LogP contribution in [-0.2, 0) is 9.59 Å². The Morgan fingerprint density at radius 2 is 1.76 bits per heavy atom. The summed E-state index contributed by atoms with van der Waals surface area (Å²) >= 11 is 0. The van der Waals surface area contributed by atoms with Gasteiger partial charge in [-0.25, -0.2) is 4.98 Å². The lowest BCUT2D eigenvalue weighted by Crippen LogP contribution is -2.60. The van der Waals surface area contributed by atoms with Gasteiger partial charge in [0.05, 0.1) is 6.20 Å². The fourth-order valence-corrected chi connectivity index (χ4v) is 7.37. The Morgan fingerprint density at radius 3 is 2.41 bits per heavy atom. The third-order valence-electron chi connectivity index (χ3n) is 9.31. The number of nitrogens with zero attached hydrogens (tertiary/aromatic N) is 3. The van der Waals surface area contributed by atoms with Gasteiger partial charge in [0, 0.05) is 25.0 Å². The summed E-state index contributed by atoms with van der Waals surface area (Å²) in [5.74, 6) is 1.49. The molecule has 200 valence electrons. The number of amides is 3. The van der Waals surface area contributed by atoms with Crippen LogP contribution in [0.1, 0.15) is 76.7 Å². The van der Waals surface area contributed by atoms with Crippen LogP contribution < -0.4 is 10.6 Å². The first-order valence-corrected chi connectivity index (χ1v) is 14.0. The van der Waals surface area contributed by atoms with Gasteiger partial charge in [0.2, 0.25) is 11.8 Å². The van der Waals surface area contributed by atoms with E-state index >= 15 is 0 Å². The minimum atomic E-state index is -0.720. The summed E-state index contributed by atoms with van der Waals surface area (Å²) in [6, 6.07) is -1.24. The molecule has 0 unspecified atom stereocenters. The van der Waals surface area contributed by atoms with Crippen LogP contribution in [0, 0.1) is 35.0 Å². The first-order chi connectivity index (χ1) is 17.6. The van der Waals surface area contributed by atoms with Gasteiger partial charge in [0.1, 0.15) is 17.8 Å². The Labute approximate surface area is 220 Å². The predicted molar refractivity (Wildman–Crippen MR) is 140 cm³/mol. The van der Waals surface area contributed by atoms with Crippen molar-refractivity contribution in [3.05, 3.63) is 36.4 Å². The maximum absolute atomic E-state index is 14.0. The van der Waals surface area contributed by atoms with E-state index in [4.69, 9.17) is 0 Å². The highest BCUT2D eigenvalue weighted by Gasteiger charge is 2.55. The molecule has 8 nitrogen and oxygen atoms in total. The molecule has 8 heteroatoms. The van der Waals surface area contributed by atoms with E-state index in [-0.39, 0.29) is 29.5 Å². The van der Waals surface area contributed by atoms with Crippen molar-refractivity contribution in [3.8, 4) is 0 Å². The number of carbonyl (C=O) groups excluding carboxylic acids is 3. The molecule has 1 saturated heterocycles. The van der Waals surface area contributed by atoms with E-state index in [0.29, 0.717) is 23.7 Å². The molecule has 1 aromatic rings. The highest BCUT2D eigenvalue weighted by atomic mass is 16.2. The van der Waals surface area contributed by atoms with Crippen LogP contribution in [0.25, 0.3) is 0 Å². The lowest BCUT2D eigenvalue weighted by atomic mass is 9.81. The summed E-state index contributed by atoms with van der Waals surface area (Å²) in [7, 11) is 0. The number of hydrogen-bond acceptors (Lipinski definition) is 5. The zero-order valence-electron chi connectivity index (χ0n) is 22.5. The molecule has 2 heterocycles. The van der Waals surface area contributed by atoms with Crippen LogP contribution in [-0.4, -0.2) is 57.3 Å². The molecule has 4 aliphatic rings. The summed E-state index contributed by atoms with van der Waals surface area (Å²) in [5, 5.41) is 6.06. The smallest absolute Gasteiger partial charge is 0.272 e. The molecule has 1 aliphatic heterocycles. The molecule has 3 amide bonds. The first-order valence-electron chi connectivity index (χ1n) is 14.0. The lowest BCUT2D eigenvalue weighted by Gasteiger charge is -2.38. The molecule has 0 spiro atoms. The molecule has 2 N–H and O–H groups in total. The summed E-state index contributed by atoms with van der Waals surface area (Å²) in [6.45, 7) is 8.92. The van der Waals surface area contributed by atoms with Crippen molar-refractivity contribution in [2.24, 2.45) is 35.0 Å². The van der Waals surface area contributed by atoms with E-state index in [0.717, 1.165) is 38.6 Å². The van der Waals surface area contributed by atoms with Gasteiger partial charge in [-0.15, -0.1) is 0 Å². The molecular weight excluding hydrogens is 466 g/mol.